The fourth-order valence-electron chi connectivity index (χ4n) is 5.98. The van der Waals surface area contributed by atoms with Gasteiger partial charge in [-0.05, 0) is 89.0 Å². The van der Waals surface area contributed by atoms with Crippen LogP contribution in [0.4, 0.5) is 22.7 Å². The summed E-state index contributed by atoms with van der Waals surface area (Å²) in [7, 11) is 7.71. The summed E-state index contributed by atoms with van der Waals surface area (Å²) in [6.07, 6.45) is 1.82. The first-order valence-corrected chi connectivity index (χ1v) is 18.3. The summed E-state index contributed by atoms with van der Waals surface area (Å²) in [6.45, 7) is 2.23. The monoisotopic (exact) mass is 852 g/mol. The van der Waals surface area contributed by atoms with Crippen molar-refractivity contribution < 1.29 is 38.6 Å². The molecule has 0 fully saturated rings. The predicted octanol–water partition coefficient (Wildman–Crippen LogP) is 4.36. The molecule has 4 aromatic rings. The molecule has 0 radical (unpaired) electrons. The second-order valence-corrected chi connectivity index (χ2v) is 15.0. The van der Waals surface area contributed by atoms with Crippen molar-refractivity contribution in [3.8, 4) is 0 Å². The topological polar surface area (TPSA) is 215 Å². The van der Waals surface area contributed by atoms with Gasteiger partial charge in [-0.25, -0.2) is 0 Å². The van der Waals surface area contributed by atoms with Crippen LogP contribution in [0.5, 0.6) is 0 Å². The number of nitro benzene ring substituents is 2. The Morgan fingerprint density at radius 3 is 1.19 bits per heavy atom. The molecule has 0 aliphatic carbocycles. The molecule has 0 bridgehead atoms. The molecule has 4 rings (SSSR count). The number of nitrogens with zero attached hydrogens (tertiary/aromatic N) is 6. The van der Waals surface area contributed by atoms with Crippen LogP contribution >= 0.6 is 24.8 Å². The summed E-state index contributed by atoms with van der Waals surface area (Å²) < 4.78 is 0.793. The largest absolute Gasteiger partial charge is 0.858 e. The molecule has 2 N–H and O–H groups in total. The minimum atomic E-state index is -0.527. The van der Waals surface area contributed by atoms with Gasteiger partial charge >= 0.3 is 0 Å². The number of halogens is 2. The Labute approximate surface area is 355 Å². The van der Waals surface area contributed by atoms with Crippen LogP contribution in [0.1, 0.15) is 35.1 Å². The van der Waals surface area contributed by atoms with E-state index in [4.69, 9.17) is 0 Å². The Hall–Kier alpha value is -5.94. The van der Waals surface area contributed by atoms with E-state index in [0.717, 1.165) is 11.1 Å². The van der Waals surface area contributed by atoms with Crippen molar-refractivity contribution in [2.24, 2.45) is 9.98 Å². The number of nitrogens with one attached hydrogen (secondary N) is 2. The van der Waals surface area contributed by atoms with E-state index in [1.54, 1.807) is 0 Å². The summed E-state index contributed by atoms with van der Waals surface area (Å²) in [5.74, 6) is -1.16. The number of amides is 2. The van der Waals surface area contributed by atoms with Gasteiger partial charge < -0.3 is 39.8 Å². The number of rotatable bonds is 20. The molecule has 316 valence electrons. The Bertz CT molecular complexity index is 1930. The normalized spacial score (nSPS) is 11.8. The highest BCUT2D eigenvalue weighted by Gasteiger charge is 2.21. The number of nitro groups is 2. The third kappa shape index (κ3) is 16.8. The summed E-state index contributed by atoms with van der Waals surface area (Å²) in [4.78, 5) is 54.3. The second kappa shape index (κ2) is 22.9. The van der Waals surface area contributed by atoms with Gasteiger partial charge in [-0.1, -0.05) is 24.3 Å². The molecule has 0 aliphatic heterocycles. The number of likely N-dealkylation sites (N-methyl/N-ethyl adjacent to an activating group) is 2. The molecule has 16 nitrogen and oxygen atoms in total. The van der Waals surface area contributed by atoms with Crippen molar-refractivity contribution in [2.45, 2.75) is 19.3 Å². The summed E-state index contributed by atoms with van der Waals surface area (Å²) >= 11 is 0. The molecule has 4 aromatic carbocycles. The van der Waals surface area contributed by atoms with E-state index in [0.29, 0.717) is 52.7 Å². The van der Waals surface area contributed by atoms with E-state index >= 15 is 0 Å². The number of quaternary nitrogens is 2. The molecule has 0 saturated heterocycles. The molecule has 0 aliphatic rings. The average molecular weight is 854 g/mol. The zero-order chi connectivity index (χ0) is 41.6. The van der Waals surface area contributed by atoms with Gasteiger partial charge in [0.05, 0.1) is 51.1 Å². The lowest BCUT2D eigenvalue weighted by Crippen LogP contribution is -2.46. The quantitative estimate of drug-likeness (QED) is 0.0325. The van der Waals surface area contributed by atoms with Crippen molar-refractivity contribution in [1.29, 1.82) is 0 Å². The SMILES string of the molecule is C[N+](C)(CCCN=C([O-])c1ccc([N+](=O)[O-])cc1)CC(=O)Nc1ccc(Cc2ccc(NC(=O)C[N+](C)(C)CCCN=C([O-])c3ccc([N+](=O)[O-])cc3)cc2)cc1.Cl.Cl. The zero-order valence-corrected chi connectivity index (χ0v) is 35.0. The lowest BCUT2D eigenvalue weighted by Gasteiger charge is -2.29. The van der Waals surface area contributed by atoms with E-state index in [1.165, 1.54) is 48.5 Å². The van der Waals surface area contributed by atoms with Crippen molar-refractivity contribution in [1.82, 2.24) is 0 Å². The highest BCUT2D eigenvalue weighted by Crippen LogP contribution is 2.18. The van der Waals surface area contributed by atoms with Gasteiger partial charge in [0.2, 0.25) is 0 Å². The van der Waals surface area contributed by atoms with Gasteiger partial charge in [0, 0.05) is 61.6 Å². The molecule has 0 saturated carbocycles. The first-order valence-electron chi connectivity index (χ1n) is 18.3. The molecule has 2 amide bonds. The minimum Gasteiger partial charge on any atom is -0.858 e. The Morgan fingerprint density at radius 1 is 0.559 bits per heavy atom. The van der Waals surface area contributed by atoms with Crippen LogP contribution in [-0.2, 0) is 16.0 Å². The predicted molar refractivity (Wildman–Crippen MR) is 229 cm³/mol. The highest BCUT2D eigenvalue weighted by atomic mass is 35.5. The maximum absolute atomic E-state index is 12.8. The van der Waals surface area contributed by atoms with Crippen molar-refractivity contribution in [2.75, 3.05) is 78.1 Å². The highest BCUT2D eigenvalue weighted by molar-refractivity contribution is 5.93. The third-order valence-corrected chi connectivity index (χ3v) is 9.03. The Morgan fingerprint density at radius 2 is 0.881 bits per heavy atom. The molecule has 0 heterocycles. The summed E-state index contributed by atoms with van der Waals surface area (Å²) in [6, 6.07) is 25.9. The minimum absolute atomic E-state index is 0. The number of benzene rings is 4. The Balaban J connectivity index is 0.00000600. The van der Waals surface area contributed by atoms with Crippen LogP contribution in [0.15, 0.2) is 107 Å². The van der Waals surface area contributed by atoms with Gasteiger partial charge in [-0.2, -0.15) is 0 Å². The van der Waals surface area contributed by atoms with Crippen molar-refractivity contribution >= 4 is 71.2 Å². The Kier molecular flexibility index (Phi) is 19.1. The molecule has 0 atom stereocenters. The van der Waals surface area contributed by atoms with Crippen molar-refractivity contribution in [3.05, 3.63) is 140 Å². The summed E-state index contributed by atoms with van der Waals surface area (Å²) in [5, 5.41) is 52.1. The average Bonchev–Trinajstić information content (AvgIpc) is 3.16. The van der Waals surface area contributed by atoms with Gasteiger partial charge in [-0.3, -0.25) is 29.8 Å². The number of hydrogen-bond acceptors (Lipinski definition) is 10. The standard InChI is InChI=1S/C41H48N8O8.2ClH/c1-48(2,25-5-23-42-40(52)32-11-19-36(20-12-32)46(54)55)28-38(50)44-34-15-7-30(8-16-34)27-31-9-17-35(18-10-31)45-39(51)29-49(3,4)26-6-24-43-41(53)33-13-21-37(22-14-33)47(56)57;;/h7-22H,5-6,23-29H2,1-4H3,(H2-2,42,43,44,45,50,51,52,53);2*1H. The fourth-order valence-corrected chi connectivity index (χ4v) is 5.98. The van der Waals surface area contributed by atoms with Crippen LogP contribution in [0.2, 0.25) is 0 Å². The van der Waals surface area contributed by atoms with Crippen LogP contribution in [0.25, 0.3) is 0 Å². The number of carbonyl (C=O) groups excluding carboxylic acids is 2. The first kappa shape index (κ1) is 49.2. The number of aliphatic imine (C=N–C) groups is 2. The van der Waals surface area contributed by atoms with Crippen molar-refractivity contribution in [3.63, 3.8) is 0 Å². The fraction of sp³-hybridized carbons (Fsp3) is 0.317. The van der Waals surface area contributed by atoms with Crippen LogP contribution in [0, 0.1) is 20.2 Å². The molecule has 0 spiro atoms. The molecule has 0 unspecified atom stereocenters. The third-order valence-electron chi connectivity index (χ3n) is 9.03. The van der Waals surface area contributed by atoms with E-state index in [9.17, 15) is 40.0 Å². The molecular weight excluding hydrogens is 803 g/mol. The van der Waals surface area contributed by atoms with Gasteiger partial charge in [0.25, 0.3) is 23.2 Å². The van der Waals surface area contributed by atoms with Crippen LogP contribution in [0.3, 0.4) is 0 Å². The molecule has 18 heteroatoms. The van der Waals surface area contributed by atoms with Gasteiger partial charge in [0.15, 0.2) is 13.1 Å². The lowest BCUT2D eigenvalue weighted by atomic mass is 10.0. The van der Waals surface area contributed by atoms with E-state index in [1.807, 2.05) is 76.7 Å². The lowest BCUT2D eigenvalue weighted by molar-refractivity contribution is -0.882. The zero-order valence-electron chi connectivity index (χ0n) is 33.4. The number of carbonyl (C=O) groups is 2. The molecule has 59 heavy (non-hydrogen) atoms. The smallest absolute Gasteiger partial charge is 0.279 e. The van der Waals surface area contributed by atoms with Gasteiger partial charge in [0.1, 0.15) is 0 Å². The number of non-ortho nitro benzene ring substituents is 2. The van der Waals surface area contributed by atoms with Crippen LogP contribution < -0.4 is 20.8 Å². The number of hydrogen-bond donors (Lipinski definition) is 2. The molecular formula is C41H50Cl2N8O8. The first-order chi connectivity index (χ1) is 27.0. The second-order valence-electron chi connectivity index (χ2n) is 15.0. The van der Waals surface area contributed by atoms with E-state index < -0.39 is 21.6 Å². The van der Waals surface area contributed by atoms with Crippen LogP contribution in [-0.4, -0.2) is 110 Å². The van der Waals surface area contributed by atoms with Gasteiger partial charge in [-0.15, -0.1) is 24.8 Å². The summed E-state index contributed by atoms with van der Waals surface area (Å²) in [5.41, 5.74) is 3.84. The van der Waals surface area contributed by atoms with E-state index in [2.05, 4.69) is 20.6 Å². The maximum Gasteiger partial charge on any atom is 0.279 e. The maximum atomic E-state index is 12.8. The molecule has 0 aromatic heterocycles. The number of anilines is 2. The van der Waals surface area contributed by atoms with E-state index in [-0.39, 0.29) is 85.3 Å².